The lowest BCUT2D eigenvalue weighted by molar-refractivity contribution is -0.140. The number of hydrogen-bond acceptors (Lipinski definition) is 18. The van der Waals surface area contributed by atoms with Gasteiger partial charge in [-0.1, -0.05) is 41.5 Å². The second-order valence-corrected chi connectivity index (χ2v) is 34.6. The summed E-state index contributed by atoms with van der Waals surface area (Å²) in [5.74, 6) is -0.629. The number of halogens is 9. The third-order valence-corrected chi connectivity index (χ3v) is 17.4. The van der Waals surface area contributed by atoms with Crippen LogP contribution >= 0.6 is 0 Å². The molecule has 10 aromatic rings. The second-order valence-electron chi connectivity index (χ2n) is 34.6. The minimum absolute atomic E-state index is 0.0128. The highest BCUT2D eigenvalue weighted by Gasteiger charge is 2.36. The van der Waals surface area contributed by atoms with E-state index in [-0.39, 0.29) is 112 Å². The molecule has 0 saturated heterocycles. The molecule has 0 aromatic carbocycles. The number of aryl methyl sites for hydroxylation is 4. The highest BCUT2D eigenvalue weighted by atomic mass is 19.4. The summed E-state index contributed by atoms with van der Waals surface area (Å²) in [5, 5.41) is 13.2. The van der Waals surface area contributed by atoms with Gasteiger partial charge in [0.05, 0.1) is 55.9 Å². The zero-order valence-corrected chi connectivity index (χ0v) is 70.4. The van der Waals surface area contributed by atoms with Crippen molar-refractivity contribution in [3.63, 3.8) is 0 Å². The van der Waals surface area contributed by atoms with E-state index in [0.717, 1.165) is 73.1 Å². The molecule has 10 aromatic heterocycles. The van der Waals surface area contributed by atoms with E-state index < -0.39 is 61.2 Å². The van der Waals surface area contributed by atoms with E-state index in [1.165, 1.54) is 25.1 Å². The molecular weight excluding hydrogens is 1550 g/mol. The number of pyridine rings is 5. The molecule has 37 heteroatoms. The van der Waals surface area contributed by atoms with Crippen LogP contribution in [0.15, 0.2) is 66.9 Å². The van der Waals surface area contributed by atoms with E-state index in [4.69, 9.17) is 14.2 Å². The van der Waals surface area contributed by atoms with Gasteiger partial charge in [-0.2, -0.15) is 39.5 Å². The number of amides is 5. The van der Waals surface area contributed by atoms with E-state index in [1.54, 1.807) is 44.2 Å². The summed E-state index contributed by atoms with van der Waals surface area (Å²) < 4.78 is 139. The van der Waals surface area contributed by atoms with Gasteiger partial charge < -0.3 is 14.2 Å². The Morgan fingerprint density at radius 2 is 0.619 bits per heavy atom. The number of anilines is 5. The van der Waals surface area contributed by atoms with Gasteiger partial charge in [-0.25, -0.2) is 49.8 Å². The van der Waals surface area contributed by atoms with E-state index in [1.807, 2.05) is 121 Å². The Hall–Kier alpha value is -10.3. The number of nitrogens with zero attached hydrogens (tertiary/aromatic N) is 15. The van der Waals surface area contributed by atoms with Crippen molar-refractivity contribution in [1.29, 1.82) is 0 Å². The lowest BCUT2D eigenvalue weighted by Crippen LogP contribution is -2.25. The summed E-state index contributed by atoms with van der Waals surface area (Å²) in [5.41, 5.74) is 6.29. The molecule has 2 saturated carbocycles. The molecule has 12 rings (SSSR count). The van der Waals surface area contributed by atoms with Gasteiger partial charge in [0.25, 0.3) is 0 Å². The Labute approximate surface area is 678 Å². The van der Waals surface area contributed by atoms with Crippen LogP contribution in [0.1, 0.15) is 209 Å². The standard InChI is InChI=1S/C18H26N4O2.C17H24N4O.C16H21F3N4O2.C15H19F3N4O2.C15H19F3N4O/c1-12-8-9-14-16(19-12)22(13-6-5-7-13)17(20-14)21-15(23)10-11-24-18(2,3)4;1-11-8-9-13-15(18-11)21(12-6-5-7-12)16(19-13)20-14(22)10-17(2,3)4;1-10-5-6-11-13(20-10)23(9-16(17,18)19)14(21-11)22-12(24)7-8-25-15(2,3)4;1-14(2,3)24-8-6-11(23)21-13-20-10-5-4-7-19-12(10)22(13)9-15(16,17)18;1-9-5-6-10-12(19-9)22(8-15(16,17)18)13(20-10)21-11(23)7-14(2,3)4/h8-9,13H,5-7,10-11H2,1-4H3,(H,20,21,23);8-9,12H,5-7,10H2,1-4H3,(H,19,20,22);5-6H,7-9H2,1-4H3,(H,21,22,24);4-5,7H,6,8-9H2,1-3H3,(H,20,21,23);5-6H,7-8H2,1-4H3,(H,20,21,23). The largest absolute Gasteiger partial charge is 0.406 e. The number of hydrogen-bond donors (Lipinski definition) is 5. The topological polar surface area (TPSA) is 327 Å². The van der Waals surface area contributed by atoms with Crippen LogP contribution in [0.4, 0.5) is 69.3 Å². The van der Waals surface area contributed by atoms with Gasteiger partial charge in [0.2, 0.25) is 59.3 Å². The zero-order chi connectivity index (χ0) is 87.4. The van der Waals surface area contributed by atoms with Gasteiger partial charge in [-0.3, -0.25) is 73.4 Å². The summed E-state index contributed by atoms with van der Waals surface area (Å²) >= 11 is 0. The number of rotatable bonds is 21. The number of fused-ring (bicyclic) bond motifs is 5. The molecule has 0 unspecified atom stereocenters. The van der Waals surface area contributed by atoms with Crippen molar-refractivity contribution in [3.05, 3.63) is 89.6 Å². The molecule has 5 amide bonds. The fourth-order valence-electron chi connectivity index (χ4n) is 11.9. The molecule has 0 atom stereocenters. The minimum Gasteiger partial charge on any atom is -0.375 e. The van der Waals surface area contributed by atoms with Crippen LogP contribution in [0.5, 0.6) is 0 Å². The van der Waals surface area contributed by atoms with Crippen molar-refractivity contribution in [2.75, 3.05) is 46.4 Å². The predicted octanol–water partition coefficient (Wildman–Crippen LogP) is 17.7. The molecule has 2 aliphatic rings. The van der Waals surface area contributed by atoms with Crippen molar-refractivity contribution in [2.45, 2.75) is 269 Å². The first kappa shape index (κ1) is 93.2. The van der Waals surface area contributed by atoms with Gasteiger partial charge in [-0.05, 0) is 200 Å². The molecular formula is C81H109F9N20O8. The molecule has 644 valence electrons. The molecule has 2 fully saturated rings. The SMILES string of the molecule is CC(C)(C)OCCC(=O)Nc1nc2cccnc2n1CC(F)(F)F.Cc1ccc2nc(NC(=O)CC(C)(C)C)n(C3CCC3)c2n1.Cc1ccc2nc(NC(=O)CC(C)(C)C)n(CC(F)(F)F)c2n1.Cc1ccc2nc(NC(=O)CCOC(C)(C)C)n(C3CCC3)c2n1.Cc1ccc2nc(NC(=O)CCOC(C)(C)C)n(CC(F)(F)F)c2n1. The van der Waals surface area contributed by atoms with Gasteiger partial charge in [-0.15, -0.1) is 0 Å². The number of aromatic nitrogens is 15. The fourth-order valence-corrected chi connectivity index (χ4v) is 11.9. The number of alkyl halides is 9. The summed E-state index contributed by atoms with van der Waals surface area (Å²) in [6, 6.07) is 18.2. The maximum absolute atomic E-state index is 12.9. The van der Waals surface area contributed by atoms with Crippen molar-refractivity contribution < 1.29 is 77.7 Å². The van der Waals surface area contributed by atoms with Crippen molar-refractivity contribution in [2.24, 2.45) is 10.8 Å². The first-order valence-electron chi connectivity index (χ1n) is 38.9. The van der Waals surface area contributed by atoms with Gasteiger partial charge in [0.15, 0.2) is 28.2 Å². The Morgan fingerprint density at radius 1 is 0.356 bits per heavy atom. The number of carbonyl (C=O) groups is 5. The Kier molecular flexibility index (Phi) is 30.2. The molecule has 118 heavy (non-hydrogen) atoms. The maximum atomic E-state index is 12.9. The monoisotopic (exact) mass is 1660 g/mol. The van der Waals surface area contributed by atoms with Gasteiger partial charge in [0, 0.05) is 53.9 Å². The number of imidazole rings is 5. The van der Waals surface area contributed by atoms with E-state index in [9.17, 15) is 63.5 Å². The molecule has 2 aliphatic carbocycles. The van der Waals surface area contributed by atoms with Crippen LogP contribution in [0.2, 0.25) is 0 Å². The van der Waals surface area contributed by atoms with Crippen molar-refractivity contribution in [3.8, 4) is 0 Å². The molecule has 0 radical (unpaired) electrons. The van der Waals surface area contributed by atoms with Crippen LogP contribution < -0.4 is 26.6 Å². The predicted molar refractivity (Wildman–Crippen MR) is 433 cm³/mol. The number of ether oxygens (including phenoxy) is 3. The van der Waals surface area contributed by atoms with E-state index in [0.29, 0.717) is 60.3 Å². The van der Waals surface area contributed by atoms with E-state index >= 15 is 0 Å². The lowest BCUT2D eigenvalue weighted by Gasteiger charge is -2.28. The number of nitrogens with one attached hydrogen (secondary N) is 5. The number of carbonyl (C=O) groups excluding carboxylic acids is 5. The molecule has 10 heterocycles. The Bertz CT molecular complexity index is 5130. The van der Waals surface area contributed by atoms with Crippen LogP contribution in [-0.2, 0) is 57.8 Å². The quantitative estimate of drug-likeness (QED) is 0.0417. The molecule has 5 N–H and O–H groups in total. The minimum atomic E-state index is -4.46. The second kappa shape index (κ2) is 38.2. The first-order chi connectivity index (χ1) is 54.6. The van der Waals surface area contributed by atoms with Crippen molar-refractivity contribution in [1.82, 2.24) is 72.7 Å². The van der Waals surface area contributed by atoms with Crippen LogP contribution in [0, 0.1) is 38.5 Å². The third-order valence-electron chi connectivity index (χ3n) is 17.4. The summed E-state index contributed by atoms with van der Waals surface area (Å²) in [6.07, 6.45) is -4.08. The lowest BCUT2D eigenvalue weighted by atomic mass is 9.92. The zero-order valence-electron chi connectivity index (χ0n) is 70.4. The summed E-state index contributed by atoms with van der Waals surface area (Å²) in [7, 11) is 0. The Morgan fingerprint density at radius 3 is 0.907 bits per heavy atom. The normalized spacial score (nSPS) is 13.8. The summed E-state index contributed by atoms with van der Waals surface area (Å²) in [6.45, 7) is 33.0. The smallest absolute Gasteiger partial charge is 0.375 e. The average molecular weight is 1660 g/mol. The molecule has 0 bridgehead atoms. The van der Waals surface area contributed by atoms with Crippen LogP contribution in [-0.4, -0.2) is 157 Å². The first-order valence-corrected chi connectivity index (χ1v) is 38.9. The fraction of sp³-hybridized carbons (Fsp3) is 0.568. The van der Waals surface area contributed by atoms with Gasteiger partial charge >= 0.3 is 18.5 Å². The maximum Gasteiger partial charge on any atom is 0.406 e. The van der Waals surface area contributed by atoms with Crippen LogP contribution in [0.25, 0.3) is 55.8 Å². The molecule has 28 nitrogen and oxygen atoms in total. The summed E-state index contributed by atoms with van der Waals surface area (Å²) in [4.78, 5) is 103. The molecule has 0 spiro atoms. The molecule has 0 aliphatic heterocycles. The van der Waals surface area contributed by atoms with Crippen LogP contribution in [0.3, 0.4) is 0 Å². The van der Waals surface area contributed by atoms with E-state index in [2.05, 4.69) is 106 Å². The third kappa shape index (κ3) is 29.3. The average Bonchev–Trinajstić information content (AvgIpc) is 1.64. The highest BCUT2D eigenvalue weighted by Crippen LogP contribution is 2.39. The Balaban J connectivity index is 0.000000184. The van der Waals surface area contributed by atoms with Gasteiger partial charge in [0.1, 0.15) is 47.2 Å². The van der Waals surface area contributed by atoms with Crippen molar-refractivity contribution >= 4 is 115 Å². The highest BCUT2D eigenvalue weighted by molar-refractivity contribution is 5.94.